The molecule has 3 aromatic rings. The van der Waals surface area contributed by atoms with E-state index in [4.69, 9.17) is 9.47 Å². The van der Waals surface area contributed by atoms with Crippen LogP contribution in [-0.4, -0.2) is 48.3 Å². The van der Waals surface area contributed by atoms with E-state index in [9.17, 15) is 27.5 Å². The SMILES string of the molecule is CNC(=O)Oc1ccc2c(N=CC(O)(CC(C)(C)c3cc(F)ccc3OC)C(F)(F)F)cccc2n1. The number of nitrogens with one attached hydrogen (secondary N) is 1. The molecule has 0 spiro atoms. The number of rotatable bonds is 7. The number of pyridine rings is 1. The van der Waals surface area contributed by atoms with Gasteiger partial charge in [0.15, 0.2) is 5.60 Å². The molecule has 0 aliphatic rings. The van der Waals surface area contributed by atoms with Crippen LogP contribution >= 0.6 is 0 Å². The van der Waals surface area contributed by atoms with Gasteiger partial charge in [0.2, 0.25) is 5.88 Å². The summed E-state index contributed by atoms with van der Waals surface area (Å²) < 4.78 is 66.5. The first-order chi connectivity index (χ1) is 16.8. The molecule has 0 radical (unpaired) electrons. The summed E-state index contributed by atoms with van der Waals surface area (Å²) in [5.74, 6) is -0.468. The number of carbonyl (C=O) groups is 1. The molecule has 11 heteroatoms. The van der Waals surface area contributed by atoms with Gasteiger partial charge in [-0.3, -0.25) is 4.99 Å². The van der Waals surface area contributed by atoms with Crippen LogP contribution in [0.1, 0.15) is 25.8 Å². The maximum atomic E-state index is 14.1. The molecule has 1 amide bonds. The summed E-state index contributed by atoms with van der Waals surface area (Å²) in [6, 6.07) is 10.9. The van der Waals surface area contributed by atoms with Crippen molar-refractivity contribution < 1.29 is 36.9 Å². The van der Waals surface area contributed by atoms with Crippen LogP contribution < -0.4 is 14.8 Å². The number of methoxy groups -OCH3 is 1. The fourth-order valence-electron chi connectivity index (χ4n) is 3.81. The second-order valence-corrected chi connectivity index (χ2v) is 8.72. The highest BCUT2D eigenvalue weighted by Gasteiger charge is 2.55. The number of ether oxygens (including phenoxy) is 2. The third-order valence-corrected chi connectivity index (χ3v) is 5.59. The number of nitrogens with zero attached hydrogens (tertiary/aromatic N) is 2. The molecule has 0 fully saturated rings. The van der Waals surface area contributed by atoms with E-state index in [0.717, 1.165) is 12.1 Å². The Bertz CT molecular complexity index is 1290. The predicted octanol–water partition coefficient (Wildman–Crippen LogP) is 5.46. The van der Waals surface area contributed by atoms with Crippen LogP contribution in [0.3, 0.4) is 0 Å². The Morgan fingerprint density at radius 1 is 1.17 bits per heavy atom. The summed E-state index contributed by atoms with van der Waals surface area (Å²) in [5.41, 5.74) is -4.14. The van der Waals surface area contributed by atoms with Crippen molar-refractivity contribution in [2.75, 3.05) is 14.2 Å². The first-order valence-electron chi connectivity index (χ1n) is 10.8. The van der Waals surface area contributed by atoms with Crippen molar-refractivity contribution in [3.63, 3.8) is 0 Å². The van der Waals surface area contributed by atoms with Gasteiger partial charge < -0.3 is 19.9 Å². The molecule has 0 saturated heterocycles. The molecule has 0 aliphatic carbocycles. The van der Waals surface area contributed by atoms with Gasteiger partial charge in [0.25, 0.3) is 0 Å². The van der Waals surface area contributed by atoms with Crippen molar-refractivity contribution >= 4 is 28.9 Å². The number of benzene rings is 2. The van der Waals surface area contributed by atoms with Gasteiger partial charge >= 0.3 is 12.3 Å². The maximum absolute atomic E-state index is 14.1. The quantitative estimate of drug-likeness (QED) is 0.327. The van der Waals surface area contributed by atoms with Crippen molar-refractivity contribution in [3.8, 4) is 11.6 Å². The lowest BCUT2D eigenvalue weighted by atomic mass is 9.74. The van der Waals surface area contributed by atoms with E-state index in [1.54, 1.807) is 6.07 Å². The molecule has 0 saturated carbocycles. The van der Waals surface area contributed by atoms with Gasteiger partial charge in [-0.05, 0) is 48.2 Å². The Morgan fingerprint density at radius 3 is 2.53 bits per heavy atom. The first kappa shape index (κ1) is 26.9. The Balaban J connectivity index is 2.00. The van der Waals surface area contributed by atoms with Gasteiger partial charge in [-0.1, -0.05) is 19.9 Å². The van der Waals surface area contributed by atoms with Gasteiger partial charge in [-0.15, -0.1) is 0 Å². The fourth-order valence-corrected chi connectivity index (χ4v) is 3.81. The molecule has 1 atom stereocenters. The summed E-state index contributed by atoms with van der Waals surface area (Å²) in [6.45, 7) is 2.90. The molecule has 7 nitrogen and oxygen atoms in total. The Morgan fingerprint density at radius 2 is 1.89 bits per heavy atom. The molecule has 36 heavy (non-hydrogen) atoms. The van der Waals surface area contributed by atoms with E-state index in [1.807, 2.05) is 0 Å². The molecule has 2 aromatic carbocycles. The number of aliphatic hydroxyl groups is 1. The summed E-state index contributed by atoms with van der Waals surface area (Å²) in [6.07, 6.45) is -6.25. The highest BCUT2D eigenvalue weighted by Crippen LogP contribution is 2.43. The lowest BCUT2D eigenvalue weighted by Crippen LogP contribution is -2.50. The van der Waals surface area contributed by atoms with E-state index in [0.29, 0.717) is 17.1 Å². The molecule has 1 unspecified atom stereocenters. The highest BCUT2D eigenvalue weighted by molar-refractivity contribution is 5.92. The van der Waals surface area contributed by atoms with Gasteiger partial charge in [0, 0.05) is 30.3 Å². The van der Waals surface area contributed by atoms with Crippen molar-refractivity contribution in [1.29, 1.82) is 0 Å². The molecule has 1 aromatic heterocycles. The molecule has 0 aliphatic heterocycles. The minimum absolute atomic E-state index is 0.0134. The normalized spacial score (nSPS) is 14.0. The minimum Gasteiger partial charge on any atom is -0.496 e. The second kappa shape index (κ2) is 10.1. The number of fused-ring (bicyclic) bond motifs is 1. The Kier molecular flexibility index (Phi) is 7.54. The van der Waals surface area contributed by atoms with Crippen LogP contribution in [0.5, 0.6) is 11.6 Å². The Hall–Kier alpha value is -3.73. The Labute approximate surface area is 204 Å². The third kappa shape index (κ3) is 5.73. The topological polar surface area (TPSA) is 93.0 Å². The summed E-state index contributed by atoms with van der Waals surface area (Å²) in [4.78, 5) is 19.5. The molecule has 192 valence electrons. The number of alkyl halides is 3. The van der Waals surface area contributed by atoms with Crippen LogP contribution in [0.15, 0.2) is 53.5 Å². The van der Waals surface area contributed by atoms with E-state index in [-0.39, 0.29) is 22.9 Å². The van der Waals surface area contributed by atoms with Gasteiger partial charge in [0.1, 0.15) is 11.6 Å². The summed E-state index contributed by atoms with van der Waals surface area (Å²) in [5, 5.41) is 13.4. The zero-order valence-electron chi connectivity index (χ0n) is 20.0. The molecule has 0 bridgehead atoms. The third-order valence-electron chi connectivity index (χ3n) is 5.59. The smallest absolute Gasteiger partial charge is 0.422 e. The lowest BCUT2D eigenvalue weighted by Gasteiger charge is -2.36. The summed E-state index contributed by atoms with van der Waals surface area (Å²) >= 11 is 0. The van der Waals surface area contributed by atoms with Crippen LogP contribution in [0.25, 0.3) is 10.9 Å². The molecule has 3 rings (SSSR count). The minimum atomic E-state index is -5.09. The first-order valence-corrected chi connectivity index (χ1v) is 10.8. The monoisotopic (exact) mass is 507 g/mol. The van der Waals surface area contributed by atoms with Gasteiger partial charge in [-0.2, -0.15) is 13.2 Å². The van der Waals surface area contributed by atoms with Crippen LogP contribution in [0.2, 0.25) is 0 Å². The zero-order valence-corrected chi connectivity index (χ0v) is 20.0. The molecular formula is C25H25F4N3O4. The van der Waals surface area contributed by atoms with Gasteiger partial charge in [-0.25, -0.2) is 14.2 Å². The van der Waals surface area contributed by atoms with E-state index in [2.05, 4.69) is 15.3 Å². The van der Waals surface area contributed by atoms with E-state index < -0.39 is 35.5 Å². The number of hydrogen-bond donors (Lipinski definition) is 2. The van der Waals surface area contributed by atoms with Crippen molar-refractivity contribution in [1.82, 2.24) is 10.3 Å². The number of carbonyl (C=O) groups excluding carboxylic acids is 1. The largest absolute Gasteiger partial charge is 0.496 e. The van der Waals surface area contributed by atoms with Crippen LogP contribution in [0, 0.1) is 5.82 Å². The molecule has 1 heterocycles. The van der Waals surface area contributed by atoms with Gasteiger partial charge in [0.05, 0.1) is 18.3 Å². The number of aliphatic imine (C=N–C) groups is 1. The average Bonchev–Trinajstić information content (AvgIpc) is 2.81. The predicted molar refractivity (Wildman–Crippen MR) is 127 cm³/mol. The highest BCUT2D eigenvalue weighted by atomic mass is 19.4. The van der Waals surface area contributed by atoms with Crippen LogP contribution in [-0.2, 0) is 5.41 Å². The molecular weight excluding hydrogens is 482 g/mol. The van der Waals surface area contributed by atoms with E-state index in [1.165, 1.54) is 58.3 Å². The van der Waals surface area contributed by atoms with Crippen molar-refractivity contribution in [2.45, 2.75) is 37.5 Å². The number of halogens is 4. The van der Waals surface area contributed by atoms with Crippen LogP contribution in [0.4, 0.5) is 28.0 Å². The van der Waals surface area contributed by atoms with E-state index >= 15 is 0 Å². The maximum Gasteiger partial charge on any atom is 0.422 e. The van der Waals surface area contributed by atoms with Crippen molar-refractivity contribution in [2.24, 2.45) is 4.99 Å². The number of aromatic nitrogens is 1. The number of amides is 1. The fraction of sp³-hybridized carbons (Fsp3) is 0.320. The molecule has 2 N–H and O–H groups in total. The summed E-state index contributed by atoms with van der Waals surface area (Å²) in [7, 11) is 2.70. The standard InChI is InChI=1S/C25H25F4N3O4/c1-23(2,17-12-15(26)8-10-20(17)35-4)13-24(34,25(27,28)29)14-31-18-6-5-7-19-16(18)9-11-21(32-19)36-22(33)30-3/h5-12,14,34H,13H2,1-4H3,(H,30,33). The van der Waals surface area contributed by atoms with Crippen molar-refractivity contribution in [3.05, 3.63) is 59.9 Å². The lowest BCUT2D eigenvalue weighted by molar-refractivity contribution is -0.234. The second-order valence-electron chi connectivity index (χ2n) is 8.72. The number of hydrogen-bond acceptors (Lipinski definition) is 6. The zero-order chi connectivity index (χ0) is 26.7. The average molecular weight is 507 g/mol.